The molecule has 4 nitrogen and oxygen atoms in total. The monoisotopic (exact) mass is 240 g/mol. The highest BCUT2D eigenvalue weighted by Gasteiger charge is 2.12. The number of aromatic amines is 1. The van der Waals surface area contributed by atoms with Crippen LogP contribution in [-0.2, 0) is 0 Å². The third-order valence-corrected chi connectivity index (χ3v) is 2.94. The number of aromatic nitrogens is 2. The van der Waals surface area contributed by atoms with E-state index in [9.17, 15) is 9.90 Å². The van der Waals surface area contributed by atoms with Gasteiger partial charge in [-0.2, -0.15) is 0 Å². The van der Waals surface area contributed by atoms with Crippen LogP contribution in [0.25, 0.3) is 16.6 Å². The summed E-state index contributed by atoms with van der Waals surface area (Å²) in [4.78, 5) is 11.9. The number of aromatic hydroxyl groups is 1. The van der Waals surface area contributed by atoms with Crippen LogP contribution >= 0.6 is 0 Å². The summed E-state index contributed by atoms with van der Waals surface area (Å²) in [5.41, 5.74) is 2.16. The summed E-state index contributed by atoms with van der Waals surface area (Å²) in [7, 11) is 0. The van der Waals surface area contributed by atoms with E-state index in [4.69, 9.17) is 0 Å². The van der Waals surface area contributed by atoms with Gasteiger partial charge in [-0.1, -0.05) is 18.2 Å². The highest BCUT2D eigenvalue weighted by molar-refractivity contribution is 5.86. The Labute approximate surface area is 103 Å². The predicted molar refractivity (Wildman–Crippen MR) is 70.3 cm³/mol. The first-order valence-electron chi connectivity index (χ1n) is 5.66. The molecule has 90 valence electrons. The first-order valence-corrected chi connectivity index (χ1v) is 5.66. The van der Waals surface area contributed by atoms with Gasteiger partial charge in [0.2, 0.25) is 0 Å². The van der Waals surface area contributed by atoms with Crippen LogP contribution in [-0.4, -0.2) is 14.9 Å². The number of H-pyrrole nitrogens is 1. The van der Waals surface area contributed by atoms with Gasteiger partial charge >= 0.3 is 0 Å². The standard InChI is InChI=1S/C14H12N2O2/c1-9-7-11-13(12(17)8-9)14(18)15-16(11)10-5-3-2-4-6-10/h2-8,17H,1H3,(H,15,18). The summed E-state index contributed by atoms with van der Waals surface area (Å²) in [5, 5.41) is 12.9. The summed E-state index contributed by atoms with van der Waals surface area (Å²) in [5.74, 6) is 0.0148. The maximum absolute atomic E-state index is 11.9. The molecular weight excluding hydrogens is 228 g/mol. The lowest BCUT2D eigenvalue weighted by atomic mass is 10.1. The number of nitrogens with one attached hydrogen (secondary N) is 1. The molecule has 2 N–H and O–H groups in total. The zero-order valence-electron chi connectivity index (χ0n) is 9.84. The molecule has 0 aliphatic carbocycles. The molecule has 2 aromatic carbocycles. The molecule has 0 bridgehead atoms. The molecule has 0 amide bonds. The molecule has 18 heavy (non-hydrogen) atoms. The molecule has 1 aromatic heterocycles. The topological polar surface area (TPSA) is 58.0 Å². The van der Waals surface area contributed by atoms with E-state index in [0.717, 1.165) is 11.3 Å². The van der Waals surface area contributed by atoms with Crippen molar-refractivity contribution in [2.24, 2.45) is 0 Å². The van der Waals surface area contributed by atoms with E-state index in [1.807, 2.05) is 43.3 Å². The van der Waals surface area contributed by atoms with Gasteiger partial charge in [0.1, 0.15) is 11.1 Å². The van der Waals surface area contributed by atoms with Gasteiger partial charge in [-0.3, -0.25) is 14.6 Å². The Morgan fingerprint density at radius 2 is 1.89 bits per heavy atom. The van der Waals surface area contributed by atoms with Crippen molar-refractivity contribution >= 4 is 10.9 Å². The lowest BCUT2D eigenvalue weighted by Crippen LogP contribution is -2.03. The number of rotatable bonds is 1. The zero-order valence-corrected chi connectivity index (χ0v) is 9.84. The fraction of sp³-hybridized carbons (Fsp3) is 0.0714. The van der Waals surface area contributed by atoms with Crippen LogP contribution in [0, 0.1) is 6.92 Å². The summed E-state index contributed by atoms with van der Waals surface area (Å²) < 4.78 is 1.68. The van der Waals surface area contributed by atoms with Crippen LogP contribution in [0.5, 0.6) is 5.75 Å². The number of aryl methyl sites for hydroxylation is 1. The average Bonchev–Trinajstić information content (AvgIpc) is 2.67. The van der Waals surface area contributed by atoms with Crippen LogP contribution in [0.2, 0.25) is 0 Å². The van der Waals surface area contributed by atoms with E-state index in [1.165, 1.54) is 0 Å². The van der Waals surface area contributed by atoms with Crippen molar-refractivity contribution < 1.29 is 5.11 Å². The highest BCUT2D eigenvalue weighted by Crippen LogP contribution is 2.24. The van der Waals surface area contributed by atoms with E-state index in [-0.39, 0.29) is 11.3 Å². The van der Waals surface area contributed by atoms with Crippen molar-refractivity contribution in [3.63, 3.8) is 0 Å². The SMILES string of the molecule is Cc1cc(O)c2c(=O)[nH]n(-c3ccccc3)c2c1. The Hall–Kier alpha value is -2.49. The lowest BCUT2D eigenvalue weighted by Gasteiger charge is -2.05. The van der Waals surface area contributed by atoms with Crippen LogP contribution in [0.1, 0.15) is 5.56 Å². The fourth-order valence-corrected chi connectivity index (χ4v) is 2.16. The molecule has 0 spiro atoms. The molecule has 3 aromatic rings. The molecule has 4 heteroatoms. The van der Waals surface area contributed by atoms with E-state index in [1.54, 1.807) is 10.7 Å². The number of phenols is 1. The Balaban J connectivity index is 2.42. The average molecular weight is 240 g/mol. The largest absolute Gasteiger partial charge is 0.507 e. The number of hydrogen-bond donors (Lipinski definition) is 2. The summed E-state index contributed by atoms with van der Waals surface area (Å²) in [6.45, 7) is 1.88. The number of nitrogens with zero attached hydrogens (tertiary/aromatic N) is 1. The Morgan fingerprint density at radius 3 is 2.61 bits per heavy atom. The van der Waals surface area contributed by atoms with Crippen molar-refractivity contribution in [3.05, 3.63) is 58.4 Å². The number of hydrogen-bond acceptors (Lipinski definition) is 2. The van der Waals surface area contributed by atoms with E-state index >= 15 is 0 Å². The molecule has 0 saturated heterocycles. The quantitative estimate of drug-likeness (QED) is 0.685. The summed E-state index contributed by atoms with van der Waals surface area (Å²) in [6, 6.07) is 13.0. The first-order chi connectivity index (χ1) is 8.66. The zero-order chi connectivity index (χ0) is 12.7. The third kappa shape index (κ3) is 1.50. The van der Waals surface area contributed by atoms with Crippen LogP contribution in [0.3, 0.4) is 0 Å². The molecule has 1 heterocycles. The predicted octanol–water partition coefficient (Wildman–Crippen LogP) is 2.33. The van der Waals surface area contributed by atoms with Gasteiger partial charge in [-0.05, 0) is 36.8 Å². The molecule has 0 aliphatic heterocycles. The van der Waals surface area contributed by atoms with Gasteiger partial charge in [0, 0.05) is 0 Å². The summed E-state index contributed by atoms with van der Waals surface area (Å²) in [6.07, 6.45) is 0. The summed E-state index contributed by atoms with van der Waals surface area (Å²) >= 11 is 0. The van der Waals surface area contributed by atoms with Crippen LogP contribution in [0.4, 0.5) is 0 Å². The van der Waals surface area contributed by atoms with Gasteiger partial charge in [-0.25, -0.2) is 0 Å². The fourth-order valence-electron chi connectivity index (χ4n) is 2.16. The second-order valence-electron chi connectivity index (χ2n) is 4.29. The second-order valence-corrected chi connectivity index (χ2v) is 4.29. The minimum Gasteiger partial charge on any atom is -0.507 e. The van der Waals surface area contributed by atoms with Crippen molar-refractivity contribution in [3.8, 4) is 11.4 Å². The minimum atomic E-state index is -0.286. The lowest BCUT2D eigenvalue weighted by molar-refractivity contribution is 0.481. The van der Waals surface area contributed by atoms with E-state index < -0.39 is 0 Å². The highest BCUT2D eigenvalue weighted by atomic mass is 16.3. The Bertz CT molecular complexity index is 770. The van der Waals surface area contributed by atoms with Crippen molar-refractivity contribution in [2.75, 3.05) is 0 Å². The number of fused-ring (bicyclic) bond motifs is 1. The van der Waals surface area contributed by atoms with Crippen molar-refractivity contribution in [1.82, 2.24) is 9.78 Å². The molecule has 0 saturated carbocycles. The molecule has 3 rings (SSSR count). The normalized spacial score (nSPS) is 10.9. The van der Waals surface area contributed by atoms with Gasteiger partial charge in [0.15, 0.2) is 0 Å². The van der Waals surface area contributed by atoms with Crippen LogP contribution < -0.4 is 5.56 Å². The molecule has 0 atom stereocenters. The number of phenolic OH excluding ortho intramolecular Hbond substituents is 1. The van der Waals surface area contributed by atoms with Crippen LogP contribution in [0.15, 0.2) is 47.3 Å². The minimum absolute atomic E-state index is 0.0148. The van der Waals surface area contributed by atoms with E-state index in [0.29, 0.717) is 10.9 Å². The first kappa shape index (κ1) is 10.7. The van der Waals surface area contributed by atoms with Gasteiger partial charge < -0.3 is 5.11 Å². The second kappa shape index (κ2) is 3.77. The van der Waals surface area contributed by atoms with Crippen molar-refractivity contribution in [2.45, 2.75) is 6.92 Å². The maximum atomic E-state index is 11.9. The molecule has 0 unspecified atom stereocenters. The number of para-hydroxylation sites is 1. The van der Waals surface area contributed by atoms with Gasteiger partial charge in [0.25, 0.3) is 5.56 Å². The molecular formula is C14H12N2O2. The smallest absolute Gasteiger partial charge is 0.276 e. The Morgan fingerprint density at radius 1 is 1.17 bits per heavy atom. The van der Waals surface area contributed by atoms with Gasteiger partial charge in [0.05, 0.1) is 11.2 Å². The molecule has 0 radical (unpaired) electrons. The molecule has 0 aliphatic rings. The van der Waals surface area contributed by atoms with Crippen molar-refractivity contribution in [1.29, 1.82) is 0 Å². The maximum Gasteiger partial charge on any atom is 0.276 e. The van der Waals surface area contributed by atoms with Gasteiger partial charge in [-0.15, -0.1) is 0 Å². The molecule has 0 fully saturated rings. The Kier molecular flexibility index (Phi) is 2.23. The third-order valence-electron chi connectivity index (χ3n) is 2.94. The number of benzene rings is 2. The van der Waals surface area contributed by atoms with E-state index in [2.05, 4.69) is 5.10 Å².